The molecular weight excluding hydrogens is 196 g/mol. The van der Waals surface area contributed by atoms with E-state index in [1.54, 1.807) is 0 Å². The third-order valence-electron chi connectivity index (χ3n) is 3.74. The summed E-state index contributed by atoms with van der Waals surface area (Å²) in [6.07, 6.45) is 12.7. The van der Waals surface area contributed by atoms with Crippen LogP contribution in [0.2, 0.25) is 0 Å². The maximum absolute atomic E-state index is 9.69. The van der Waals surface area contributed by atoms with E-state index in [-0.39, 0.29) is 5.41 Å². The van der Waals surface area contributed by atoms with Crippen LogP contribution in [0.3, 0.4) is 0 Å². The van der Waals surface area contributed by atoms with Gasteiger partial charge in [-0.05, 0) is 24.7 Å². The highest BCUT2D eigenvalue weighted by atomic mass is 16.3. The van der Waals surface area contributed by atoms with E-state index in [1.807, 2.05) is 0 Å². The fourth-order valence-corrected chi connectivity index (χ4v) is 2.62. The highest BCUT2D eigenvalue weighted by Gasteiger charge is 2.26. The topological polar surface area (TPSA) is 20.2 Å². The fourth-order valence-electron chi connectivity index (χ4n) is 2.62. The maximum atomic E-state index is 9.69. The zero-order chi connectivity index (χ0) is 12.3. The molecule has 0 unspecified atom stereocenters. The highest BCUT2D eigenvalue weighted by molar-refractivity contribution is 4.78. The minimum atomic E-state index is 0.249. The molecule has 1 heteroatoms. The van der Waals surface area contributed by atoms with Crippen LogP contribution in [0.15, 0.2) is 0 Å². The number of rotatable bonds is 11. The van der Waals surface area contributed by atoms with Gasteiger partial charge in [-0.15, -0.1) is 0 Å². The normalized spacial score (nSPS) is 15.0. The van der Waals surface area contributed by atoms with E-state index in [0.717, 1.165) is 0 Å². The molecule has 0 aromatic heterocycles. The van der Waals surface area contributed by atoms with Crippen molar-refractivity contribution in [1.29, 1.82) is 0 Å². The Bertz CT molecular complexity index is 144. The zero-order valence-electron chi connectivity index (χ0n) is 11.7. The van der Waals surface area contributed by atoms with Crippen molar-refractivity contribution < 1.29 is 5.11 Å². The van der Waals surface area contributed by atoms with Gasteiger partial charge >= 0.3 is 0 Å². The van der Waals surface area contributed by atoms with Crippen LogP contribution in [-0.2, 0) is 0 Å². The van der Waals surface area contributed by atoms with E-state index in [0.29, 0.717) is 6.61 Å². The molecule has 0 aliphatic heterocycles. The molecule has 1 atom stereocenters. The molecule has 16 heavy (non-hydrogen) atoms. The zero-order valence-corrected chi connectivity index (χ0v) is 11.7. The molecule has 98 valence electrons. The molecule has 0 aromatic carbocycles. The van der Waals surface area contributed by atoms with Crippen LogP contribution in [-0.4, -0.2) is 11.7 Å². The largest absolute Gasteiger partial charge is 0.396 e. The molecule has 0 saturated heterocycles. The van der Waals surface area contributed by atoms with Crippen LogP contribution in [0.1, 0.15) is 85.0 Å². The number of hydrogen-bond donors (Lipinski definition) is 1. The molecule has 0 aliphatic rings. The minimum absolute atomic E-state index is 0.249. The molecule has 1 nitrogen and oxygen atoms in total. The van der Waals surface area contributed by atoms with Crippen molar-refractivity contribution in [2.75, 3.05) is 6.61 Å². The predicted molar refractivity (Wildman–Crippen MR) is 72.7 cm³/mol. The summed E-state index contributed by atoms with van der Waals surface area (Å²) >= 11 is 0. The molecule has 0 bridgehead atoms. The third-order valence-corrected chi connectivity index (χ3v) is 3.74. The third kappa shape index (κ3) is 6.52. The first-order valence-electron chi connectivity index (χ1n) is 7.35. The van der Waals surface area contributed by atoms with Gasteiger partial charge in [-0.25, -0.2) is 0 Å². The van der Waals surface area contributed by atoms with Crippen molar-refractivity contribution in [3.05, 3.63) is 0 Å². The molecule has 0 amide bonds. The van der Waals surface area contributed by atoms with Gasteiger partial charge in [0.1, 0.15) is 0 Å². The number of aliphatic hydroxyl groups is 1. The van der Waals surface area contributed by atoms with E-state index in [2.05, 4.69) is 20.8 Å². The summed E-state index contributed by atoms with van der Waals surface area (Å²) in [7, 11) is 0. The quantitative estimate of drug-likeness (QED) is 0.497. The number of hydrogen-bond acceptors (Lipinski definition) is 1. The SMILES string of the molecule is CCCCCC[C@@](CO)(CCC)CCCC. The van der Waals surface area contributed by atoms with E-state index in [9.17, 15) is 5.11 Å². The minimum Gasteiger partial charge on any atom is -0.396 e. The first-order chi connectivity index (χ1) is 7.74. The van der Waals surface area contributed by atoms with Crippen molar-refractivity contribution in [3.63, 3.8) is 0 Å². The predicted octanol–water partition coefficient (Wildman–Crippen LogP) is 4.93. The molecule has 0 aliphatic carbocycles. The lowest BCUT2D eigenvalue weighted by Crippen LogP contribution is -2.25. The molecule has 0 heterocycles. The molecule has 0 spiro atoms. The summed E-state index contributed by atoms with van der Waals surface area (Å²) in [6.45, 7) is 7.13. The van der Waals surface area contributed by atoms with E-state index < -0.39 is 0 Å². The molecular formula is C15H32O. The van der Waals surface area contributed by atoms with Gasteiger partial charge in [0.2, 0.25) is 0 Å². The van der Waals surface area contributed by atoms with Crippen LogP contribution in [0.4, 0.5) is 0 Å². The molecule has 0 fully saturated rings. The van der Waals surface area contributed by atoms with E-state index >= 15 is 0 Å². The van der Waals surface area contributed by atoms with Crippen LogP contribution < -0.4 is 0 Å². The Morgan fingerprint density at radius 3 is 1.81 bits per heavy atom. The summed E-state index contributed by atoms with van der Waals surface area (Å²) in [4.78, 5) is 0. The van der Waals surface area contributed by atoms with Gasteiger partial charge < -0.3 is 5.11 Å². The lowest BCUT2D eigenvalue weighted by molar-refractivity contribution is 0.0885. The van der Waals surface area contributed by atoms with Crippen molar-refractivity contribution in [3.8, 4) is 0 Å². The van der Waals surface area contributed by atoms with Gasteiger partial charge in [0.05, 0.1) is 0 Å². The molecule has 0 aromatic rings. The van der Waals surface area contributed by atoms with Crippen molar-refractivity contribution in [2.24, 2.45) is 5.41 Å². The van der Waals surface area contributed by atoms with Gasteiger partial charge in [-0.3, -0.25) is 0 Å². The first kappa shape index (κ1) is 16.0. The Morgan fingerprint density at radius 2 is 1.31 bits per heavy atom. The van der Waals surface area contributed by atoms with E-state index in [4.69, 9.17) is 0 Å². The Kier molecular flexibility index (Phi) is 10.1. The maximum Gasteiger partial charge on any atom is 0.0487 e. The standard InChI is InChI=1S/C15H32O/c1-4-7-9-10-13-15(14-16,11-6-3)12-8-5-2/h16H,4-14H2,1-3H3/t15-/m1/s1. The van der Waals surface area contributed by atoms with Crippen LogP contribution in [0.25, 0.3) is 0 Å². The monoisotopic (exact) mass is 228 g/mol. The van der Waals surface area contributed by atoms with Crippen molar-refractivity contribution in [1.82, 2.24) is 0 Å². The first-order valence-corrected chi connectivity index (χ1v) is 7.35. The summed E-state index contributed by atoms with van der Waals surface area (Å²) in [5, 5.41) is 9.69. The Labute approximate surface area is 103 Å². The van der Waals surface area contributed by atoms with E-state index in [1.165, 1.54) is 64.2 Å². The molecule has 0 saturated carbocycles. The second kappa shape index (κ2) is 10.1. The lowest BCUT2D eigenvalue weighted by atomic mass is 9.75. The van der Waals surface area contributed by atoms with Gasteiger partial charge in [0.25, 0.3) is 0 Å². The Morgan fingerprint density at radius 1 is 0.688 bits per heavy atom. The fraction of sp³-hybridized carbons (Fsp3) is 1.00. The summed E-state index contributed by atoms with van der Waals surface area (Å²) in [6, 6.07) is 0. The van der Waals surface area contributed by atoms with Gasteiger partial charge in [0, 0.05) is 6.61 Å². The molecule has 0 radical (unpaired) electrons. The number of aliphatic hydroxyl groups excluding tert-OH is 1. The number of unbranched alkanes of at least 4 members (excludes halogenated alkanes) is 4. The lowest BCUT2D eigenvalue weighted by Gasteiger charge is -2.32. The average molecular weight is 228 g/mol. The van der Waals surface area contributed by atoms with Gasteiger partial charge in [-0.2, -0.15) is 0 Å². The summed E-state index contributed by atoms with van der Waals surface area (Å²) < 4.78 is 0. The molecule has 0 rings (SSSR count). The van der Waals surface area contributed by atoms with Gasteiger partial charge in [-0.1, -0.05) is 65.7 Å². The summed E-state index contributed by atoms with van der Waals surface area (Å²) in [5.41, 5.74) is 0.249. The van der Waals surface area contributed by atoms with Gasteiger partial charge in [0.15, 0.2) is 0 Å². The Hall–Kier alpha value is -0.0400. The molecule has 1 N–H and O–H groups in total. The van der Waals surface area contributed by atoms with Crippen LogP contribution >= 0.6 is 0 Å². The second-order valence-electron chi connectivity index (χ2n) is 5.32. The average Bonchev–Trinajstić information content (AvgIpc) is 2.31. The van der Waals surface area contributed by atoms with Crippen molar-refractivity contribution >= 4 is 0 Å². The Balaban J connectivity index is 4.04. The highest BCUT2D eigenvalue weighted by Crippen LogP contribution is 2.35. The second-order valence-corrected chi connectivity index (χ2v) is 5.32. The van der Waals surface area contributed by atoms with Crippen molar-refractivity contribution in [2.45, 2.75) is 85.0 Å². The van der Waals surface area contributed by atoms with Crippen LogP contribution in [0, 0.1) is 5.41 Å². The smallest absolute Gasteiger partial charge is 0.0487 e. The summed E-state index contributed by atoms with van der Waals surface area (Å²) in [5.74, 6) is 0. The van der Waals surface area contributed by atoms with Crippen LogP contribution in [0.5, 0.6) is 0 Å².